The van der Waals surface area contributed by atoms with Crippen molar-refractivity contribution in [3.05, 3.63) is 70.8 Å². The van der Waals surface area contributed by atoms with Gasteiger partial charge in [-0.15, -0.1) is 0 Å². The number of carbonyl (C=O) groups is 8. The zero-order valence-electron chi connectivity index (χ0n) is 23.3. The minimum Gasteiger partial charge on any atom is -1.00 e. The van der Waals surface area contributed by atoms with E-state index in [0.717, 1.165) is 4.90 Å². The molecule has 0 aliphatic carbocycles. The zero-order chi connectivity index (χ0) is 33.7. The largest absolute Gasteiger partial charge is 1.00 e. The van der Waals surface area contributed by atoms with Crippen molar-refractivity contribution < 1.29 is 74.7 Å². The van der Waals surface area contributed by atoms with Crippen LogP contribution in [0.3, 0.4) is 0 Å². The van der Waals surface area contributed by atoms with E-state index in [1.165, 1.54) is 0 Å². The normalized spacial score (nSPS) is 18.6. The Bertz CT molecular complexity index is 1550. The Labute approximate surface area is 264 Å². The van der Waals surface area contributed by atoms with E-state index in [-0.39, 0.29) is 55.3 Å². The number of cyclic esters (lactones) is 2. The summed E-state index contributed by atoms with van der Waals surface area (Å²) in [7, 11) is 0. The molecule has 2 aromatic carbocycles. The van der Waals surface area contributed by atoms with Crippen molar-refractivity contribution in [1.82, 2.24) is 15.5 Å². The molecule has 4 aliphatic rings. The van der Waals surface area contributed by atoms with Gasteiger partial charge in [0.2, 0.25) is 23.6 Å². The number of carbonyl (C=O) groups excluding carboxylic acids is 12. The number of nitrogens with two attached hydrogens (primary N) is 1. The molecule has 0 aromatic heterocycles. The number of hydrogen-bond donors (Lipinski definition) is 3. The molecule has 0 radical (unpaired) electrons. The van der Waals surface area contributed by atoms with Gasteiger partial charge >= 0.3 is 24.2 Å². The van der Waals surface area contributed by atoms with Crippen molar-refractivity contribution in [2.45, 2.75) is 37.8 Å². The lowest BCUT2D eigenvalue weighted by Gasteiger charge is -2.27. The monoisotopic (exact) mass is 657 g/mol. The van der Waals surface area contributed by atoms with Gasteiger partial charge in [0.1, 0.15) is 6.04 Å². The molecule has 2 saturated heterocycles. The van der Waals surface area contributed by atoms with Crippen LogP contribution in [-0.4, -0.2) is 76.7 Å². The molecule has 4 aliphatic heterocycles. The Kier molecular flexibility index (Phi) is 14.9. The van der Waals surface area contributed by atoms with Crippen molar-refractivity contribution in [1.29, 1.82) is 0 Å². The highest BCUT2D eigenvalue weighted by Gasteiger charge is 2.44. The highest BCUT2D eigenvalue weighted by molar-refractivity contribution is 6.23. The van der Waals surface area contributed by atoms with Crippen molar-refractivity contribution in [3.63, 3.8) is 0 Å². The van der Waals surface area contributed by atoms with Crippen LogP contribution in [0.1, 0.15) is 67.1 Å². The number of halogens is 1. The number of imide groups is 3. The third-order valence-corrected chi connectivity index (χ3v) is 6.18. The maximum Gasteiger partial charge on any atom is 0.373 e. The van der Waals surface area contributed by atoms with Crippen LogP contribution in [0.25, 0.3) is 0 Å². The molecule has 0 saturated carbocycles. The lowest BCUT2D eigenvalue weighted by atomic mass is 10.0. The smallest absolute Gasteiger partial charge is 0.373 e. The first kappa shape index (κ1) is 38.0. The third-order valence-electron chi connectivity index (χ3n) is 6.18. The summed E-state index contributed by atoms with van der Waals surface area (Å²) in [6.07, 6.45) is 1.65. The van der Waals surface area contributed by atoms with Gasteiger partial charge in [-0.1, -0.05) is 24.3 Å². The molecule has 4 N–H and O–H groups in total. The number of piperidine rings is 2. The fraction of sp³-hybridized carbons (Fsp3) is 0.214. The second kappa shape index (κ2) is 18.0. The number of benzene rings is 2. The Balaban J connectivity index is 0.000000335. The minimum absolute atomic E-state index is 0. The van der Waals surface area contributed by atoms with Gasteiger partial charge in [0.05, 0.1) is 28.3 Å². The molecule has 0 bridgehead atoms. The van der Waals surface area contributed by atoms with Crippen LogP contribution in [0.15, 0.2) is 48.5 Å². The Morgan fingerprint density at radius 1 is 0.630 bits per heavy atom. The summed E-state index contributed by atoms with van der Waals surface area (Å²) in [6.45, 7) is 0. The molecule has 18 heteroatoms. The number of amides is 6. The average Bonchev–Trinajstić information content (AvgIpc) is 3.44. The van der Waals surface area contributed by atoms with Gasteiger partial charge < -0.3 is 22.9 Å². The lowest BCUT2D eigenvalue weighted by Crippen LogP contribution is -3.00. The van der Waals surface area contributed by atoms with E-state index in [1.807, 2.05) is 0 Å². The maximum atomic E-state index is 12.2. The summed E-state index contributed by atoms with van der Waals surface area (Å²) in [5.74, 6) is -3.60. The van der Waals surface area contributed by atoms with Crippen molar-refractivity contribution >= 4 is 59.7 Å². The highest BCUT2D eigenvalue weighted by atomic mass is 35.5. The molecule has 0 spiro atoms. The van der Waals surface area contributed by atoms with Crippen molar-refractivity contribution in [3.8, 4) is 0 Å². The number of rotatable bonds is 1. The molecule has 4 heterocycles. The molecular formula is C28H22ClN4O13-. The number of ether oxygens (including phenoxy) is 1. The molecule has 2 aromatic rings. The molecule has 6 rings (SSSR count). The number of nitrogens with one attached hydrogen (secondary N) is 2. The molecule has 240 valence electrons. The maximum absolute atomic E-state index is 12.2. The van der Waals surface area contributed by atoms with Crippen LogP contribution in [0, 0.1) is 0 Å². The Morgan fingerprint density at radius 2 is 1.00 bits per heavy atom. The van der Waals surface area contributed by atoms with Crippen LogP contribution in [0.4, 0.5) is 0 Å². The van der Waals surface area contributed by atoms with Gasteiger partial charge in [0, 0.05) is 12.8 Å². The second-order valence-corrected chi connectivity index (χ2v) is 8.94. The summed E-state index contributed by atoms with van der Waals surface area (Å²) < 4.78 is 4.35. The van der Waals surface area contributed by atoms with Crippen LogP contribution in [-0.2, 0) is 43.1 Å². The molecule has 46 heavy (non-hydrogen) atoms. The van der Waals surface area contributed by atoms with Crippen LogP contribution < -0.4 is 28.8 Å². The summed E-state index contributed by atoms with van der Waals surface area (Å²) >= 11 is 0. The molecular weight excluding hydrogens is 636 g/mol. The molecule has 2 unspecified atom stereocenters. The molecule has 6 amide bonds. The summed E-state index contributed by atoms with van der Waals surface area (Å²) in [5.41, 5.74) is 6.60. The van der Waals surface area contributed by atoms with E-state index in [2.05, 4.69) is 15.4 Å². The van der Waals surface area contributed by atoms with E-state index < -0.39 is 41.7 Å². The lowest BCUT2D eigenvalue weighted by molar-refractivity contribution is -0.193. The number of nitrogens with zero attached hydrogens (tertiary/aromatic N) is 1. The third kappa shape index (κ3) is 9.51. The fourth-order valence-electron chi connectivity index (χ4n) is 4.16. The molecule has 2 fully saturated rings. The minimum atomic E-state index is -0.898. The highest BCUT2D eigenvalue weighted by Crippen LogP contribution is 2.27. The summed E-state index contributed by atoms with van der Waals surface area (Å²) in [4.78, 5) is 123. The Hall–Kier alpha value is -5.99. The fourth-order valence-corrected chi connectivity index (χ4v) is 4.16. The van der Waals surface area contributed by atoms with Gasteiger partial charge in [-0.25, -0.2) is 9.59 Å². The average molecular weight is 658 g/mol. The van der Waals surface area contributed by atoms with Crippen molar-refractivity contribution in [2.75, 3.05) is 0 Å². The van der Waals surface area contributed by atoms with Gasteiger partial charge in [-0.3, -0.25) is 44.3 Å². The standard InChI is InChI=1S/C13H10N2O4.C8H4O3.C5H8N2O2.2CO2.ClH/c16-10-6-5-9(11(17)14-10)15-12(18)7-3-1-2-4-8(7)13(15)19;9-7-5-3-1-2-4-6(5)8(10)11-7;6-3-1-2-4(8)7-5(3)9;2*2-1-3;/h1-4,9H,5-6H2,(H,14,16,17);1-4H;3H,1-2,6H2,(H,7,8,9);;;1H/p-1. The second-order valence-electron chi connectivity index (χ2n) is 8.94. The first-order valence-electron chi connectivity index (χ1n) is 12.7. The molecule has 2 atom stereocenters. The number of esters is 2. The first-order valence-corrected chi connectivity index (χ1v) is 12.7. The number of fused-ring (bicyclic) bond motifs is 2. The van der Waals surface area contributed by atoms with E-state index in [9.17, 15) is 38.4 Å². The number of hydrogen-bond acceptors (Lipinski definition) is 14. The van der Waals surface area contributed by atoms with E-state index in [0.29, 0.717) is 35.1 Å². The zero-order valence-corrected chi connectivity index (χ0v) is 24.1. The summed E-state index contributed by atoms with van der Waals surface area (Å²) in [6, 6.07) is 11.6. The predicted molar refractivity (Wildman–Crippen MR) is 140 cm³/mol. The van der Waals surface area contributed by atoms with E-state index in [4.69, 9.17) is 24.9 Å². The van der Waals surface area contributed by atoms with Gasteiger partial charge in [-0.05, 0) is 37.1 Å². The molecule has 17 nitrogen and oxygen atoms in total. The predicted octanol–water partition coefficient (Wildman–Crippen LogP) is -4.33. The van der Waals surface area contributed by atoms with Crippen LogP contribution in [0.5, 0.6) is 0 Å². The SMILES string of the molecule is NC1CCC(=O)NC1=O.O=C1CCC(N2C(=O)c3ccccc3C2=O)C(=O)N1.O=C1OC(=O)c2ccccc21.O=C=O.O=C=O.[Cl-]. The van der Waals surface area contributed by atoms with Crippen molar-refractivity contribution in [2.24, 2.45) is 5.73 Å². The van der Waals surface area contributed by atoms with Gasteiger partial charge in [-0.2, -0.15) is 19.2 Å². The summed E-state index contributed by atoms with van der Waals surface area (Å²) in [5, 5.41) is 4.28. The van der Waals surface area contributed by atoms with E-state index in [1.54, 1.807) is 48.5 Å². The van der Waals surface area contributed by atoms with Crippen LogP contribution >= 0.6 is 0 Å². The first-order chi connectivity index (χ1) is 21.4. The Morgan fingerprint density at radius 3 is 1.37 bits per heavy atom. The quantitative estimate of drug-likeness (QED) is 0.149. The van der Waals surface area contributed by atoms with Crippen LogP contribution in [0.2, 0.25) is 0 Å². The topological polar surface area (TPSA) is 267 Å². The van der Waals surface area contributed by atoms with Gasteiger partial charge in [0.15, 0.2) is 0 Å². The van der Waals surface area contributed by atoms with E-state index >= 15 is 0 Å². The van der Waals surface area contributed by atoms with Gasteiger partial charge in [0.25, 0.3) is 11.8 Å².